The maximum atomic E-state index is 11.7. The van der Waals surface area contributed by atoms with Gasteiger partial charge in [0.25, 0.3) is 0 Å². The SMILES string of the molecule is CC(=O)Nc1cnc2n[nH]c(NC(=O)C(C)C)c2c1. The molecular formula is C12H15N5O2. The topological polar surface area (TPSA) is 99.8 Å². The van der Waals surface area contributed by atoms with Crippen molar-refractivity contribution < 1.29 is 9.59 Å². The smallest absolute Gasteiger partial charge is 0.228 e. The van der Waals surface area contributed by atoms with Gasteiger partial charge < -0.3 is 10.6 Å². The summed E-state index contributed by atoms with van der Waals surface area (Å²) in [6.07, 6.45) is 1.51. The van der Waals surface area contributed by atoms with E-state index < -0.39 is 0 Å². The third-order valence-electron chi connectivity index (χ3n) is 2.50. The molecule has 2 rings (SSSR count). The maximum Gasteiger partial charge on any atom is 0.228 e. The molecule has 0 aliphatic carbocycles. The lowest BCUT2D eigenvalue weighted by Gasteiger charge is -2.06. The molecule has 0 radical (unpaired) electrons. The molecule has 0 saturated heterocycles. The van der Waals surface area contributed by atoms with E-state index >= 15 is 0 Å². The molecule has 100 valence electrons. The Labute approximate surface area is 109 Å². The highest BCUT2D eigenvalue weighted by atomic mass is 16.2. The van der Waals surface area contributed by atoms with Crippen LogP contribution in [0.15, 0.2) is 12.3 Å². The Balaban J connectivity index is 2.34. The van der Waals surface area contributed by atoms with Crippen molar-refractivity contribution in [1.82, 2.24) is 15.2 Å². The molecule has 0 aliphatic rings. The van der Waals surface area contributed by atoms with Crippen LogP contribution in [0.2, 0.25) is 0 Å². The van der Waals surface area contributed by atoms with E-state index in [0.717, 1.165) is 0 Å². The van der Waals surface area contributed by atoms with Gasteiger partial charge in [0.05, 0.1) is 17.3 Å². The summed E-state index contributed by atoms with van der Waals surface area (Å²) in [6.45, 7) is 5.02. The molecule has 0 spiro atoms. The van der Waals surface area contributed by atoms with Gasteiger partial charge in [0, 0.05) is 12.8 Å². The molecule has 2 aromatic rings. The normalized spacial score (nSPS) is 10.7. The van der Waals surface area contributed by atoms with Crippen molar-refractivity contribution in [2.24, 2.45) is 5.92 Å². The van der Waals surface area contributed by atoms with Gasteiger partial charge in [-0.2, -0.15) is 5.10 Å². The minimum Gasteiger partial charge on any atom is -0.325 e. The average molecular weight is 261 g/mol. The second-order valence-corrected chi connectivity index (χ2v) is 4.52. The Bertz CT molecular complexity index is 632. The third kappa shape index (κ3) is 2.87. The Hall–Kier alpha value is -2.44. The summed E-state index contributed by atoms with van der Waals surface area (Å²) in [4.78, 5) is 26.8. The number of hydrogen-bond acceptors (Lipinski definition) is 4. The van der Waals surface area contributed by atoms with E-state index in [4.69, 9.17) is 0 Å². The number of H-pyrrole nitrogens is 1. The van der Waals surface area contributed by atoms with Crippen LogP contribution >= 0.6 is 0 Å². The number of fused-ring (bicyclic) bond motifs is 1. The molecule has 7 heteroatoms. The number of hydrogen-bond donors (Lipinski definition) is 3. The zero-order valence-corrected chi connectivity index (χ0v) is 10.9. The number of nitrogens with one attached hydrogen (secondary N) is 3. The Kier molecular flexibility index (Phi) is 3.46. The monoisotopic (exact) mass is 261 g/mol. The van der Waals surface area contributed by atoms with Crippen LogP contribution in [-0.2, 0) is 9.59 Å². The lowest BCUT2D eigenvalue weighted by molar-refractivity contribution is -0.119. The molecule has 0 bridgehead atoms. The van der Waals surface area contributed by atoms with Crippen molar-refractivity contribution >= 4 is 34.4 Å². The lowest BCUT2D eigenvalue weighted by Crippen LogP contribution is -2.18. The first-order valence-electron chi connectivity index (χ1n) is 5.90. The Morgan fingerprint density at radius 2 is 2.05 bits per heavy atom. The van der Waals surface area contributed by atoms with Crippen LogP contribution in [0.3, 0.4) is 0 Å². The lowest BCUT2D eigenvalue weighted by atomic mass is 10.2. The molecule has 19 heavy (non-hydrogen) atoms. The Morgan fingerprint density at radius 3 is 2.68 bits per heavy atom. The number of nitrogens with zero attached hydrogens (tertiary/aromatic N) is 2. The van der Waals surface area contributed by atoms with E-state index in [2.05, 4.69) is 25.8 Å². The molecular weight excluding hydrogens is 246 g/mol. The van der Waals surface area contributed by atoms with Crippen LogP contribution in [0.25, 0.3) is 11.0 Å². The molecule has 2 heterocycles. The number of amides is 2. The van der Waals surface area contributed by atoms with Gasteiger partial charge in [-0.25, -0.2) is 4.98 Å². The standard InChI is InChI=1S/C12H15N5O2/c1-6(2)12(19)15-11-9-4-8(14-7(3)18)5-13-10(9)16-17-11/h4-6H,1-3H3,(H,14,18)(H2,13,15,16,17,19). The summed E-state index contributed by atoms with van der Waals surface area (Å²) in [5.74, 6) is 0.0473. The van der Waals surface area contributed by atoms with E-state index in [1.807, 2.05) is 0 Å². The van der Waals surface area contributed by atoms with Gasteiger partial charge in [0.2, 0.25) is 11.8 Å². The van der Waals surface area contributed by atoms with Crippen molar-refractivity contribution in [3.63, 3.8) is 0 Å². The Morgan fingerprint density at radius 1 is 1.32 bits per heavy atom. The van der Waals surface area contributed by atoms with Gasteiger partial charge >= 0.3 is 0 Å². The fourth-order valence-electron chi connectivity index (χ4n) is 1.53. The van der Waals surface area contributed by atoms with Gasteiger partial charge in [-0.15, -0.1) is 0 Å². The average Bonchev–Trinajstić information content (AvgIpc) is 2.71. The first-order valence-corrected chi connectivity index (χ1v) is 5.90. The molecule has 0 saturated carbocycles. The van der Waals surface area contributed by atoms with Crippen molar-refractivity contribution in [2.75, 3.05) is 10.6 Å². The zero-order valence-electron chi connectivity index (χ0n) is 10.9. The molecule has 0 aliphatic heterocycles. The molecule has 0 atom stereocenters. The summed E-state index contributed by atoms with van der Waals surface area (Å²) in [7, 11) is 0. The van der Waals surface area contributed by atoms with Crippen molar-refractivity contribution in [3.8, 4) is 0 Å². The summed E-state index contributed by atoms with van der Waals surface area (Å²) < 4.78 is 0. The van der Waals surface area contributed by atoms with Crippen LogP contribution in [0.4, 0.5) is 11.5 Å². The van der Waals surface area contributed by atoms with E-state index in [1.165, 1.54) is 13.1 Å². The molecule has 0 aromatic carbocycles. The summed E-state index contributed by atoms with van der Waals surface area (Å²) in [6, 6.07) is 1.71. The molecule has 2 amide bonds. The molecule has 0 unspecified atom stereocenters. The number of anilines is 2. The highest BCUT2D eigenvalue weighted by molar-refractivity contribution is 6.01. The van der Waals surface area contributed by atoms with Crippen molar-refractivity contribution in [2.45, 2.75) is 20.8 Å². The van der Waals surface area contributed by atoms with Gasteiger partial charge in [0.1, 0.15) is 5.82 Å². The van der Waals surface area contributed by atoms with Gasteiger partial charge in [-0.1, -0.05) is 13.8 Å². The predicted molar refractivity (Wildman–Crippen MR) is 71.7 cm³/mol. The molecule has 7 nitrogen and oxygen atoms in total. The summed E-state index contributed by atoms with van der Waals surface area (Å²) >= 11 is 0. The van der Waals surface area contributed by atoms with E-state index in [9.17, 15) is 9.59 Å². The van der Waals surface area contributed by atoms with E-state index in [1.54, 1.807) is 19.9 Å². The van der Waals surface area contributed by atoms with Crippen molar-refractivity contribution in [3.05, 3.63) is 12.3 Å². The van der Waals surface area contributed by atoms with Crippen LogP contribution in [0.1, 0.15) is 20.8 Å². The summed E-state index contributed by atoms with van der Waals surface area (Å²) in [5, 5.41) is 12.7. The van der Waals surface area contributed by atoms with Crippen molar-refractivity contribution in [1.29, 1.82) is 0 Å². The number of pyridine rings is 1. The number of carbonyl (C=O) groups excluding carboxylic acids is 2. The van der Waals surface area contributed by atoms with Crippen LogP contribution in [0, 0.1) is 5.92 Å². The maximum absolute atomic E-state index is 11.7. The van der Waals surface area contributed by atoms with E-state index in [0.29, 0.717) is 22.5 Å². The zero-order chi connectivity index (χ0) is 14.0. The van der Waals surface area contributed by atoms with Gasteiger partial charge in [-0.3, -0.25) is 14.7 Å². The molecule has 3 N–H and O–H groups in total. The predicted octanol–water partition coefficient (Wildman–Crippen LogP) is 1.51. The summed E-state index contributed by atoms with van der Waals surface area (Å²) in [5.41, 5.74) is 1.04. The van der Waals surface area contributed by atoms with Gasteiger partial charge in [-0.05, 0) is 6.07 Å². The largest absolute Gasteiger partial charge is 0.325 e. The number of carbonyl (C=O) groups is 2. The van der Waals surface area contributed by atoms with Crippen LogP contribution in [0.5, 0.6) is 0 Å². The third-order valence-corrected chi connectivity index (χ3v) is 2.50. The highest BCUT2D eigenvalue weighted by Crippen LogP contribution is 2.22. The first kappa shape index (κ1) is 13.0. The first-order chi connectivity index (χ1) is 8.97. The minimum atomic E-state index is -0.183. The number of aromatic nitrogens is 3. The number of aromatic amines is 1. The van der Waals surface area contributed by atoms with Crippen LogP contribution in [-0.4, -0.2) is 27.0 Å². The fourth-order valence-corrected chi connectivity index (χ4v) is 1.53. The second-order valence-electron chi connectivity index (χ2n) is 4.52. The molecule has 0 fully saturated rings. The number of rotatable bonds is 3. The van der Waals surface area contributed by atoms with E-state index in [-0.39, 0.29) is 17.7 Å². The highest BCUT2D eigenvalue weighted by Gasteiger charge is 2.13. The molecule has 2 aromatic heterocycles. The fraction of sp³-hybridized carbons (Fsp3) is 0.333. The van der Waals surface area contributed by atoms with Crippen LogP contribution < -0.4 is 10.6 Å². The quantitative estimate of drug-likeness (QED) is 0.779. The van der Waals surface area contributed by atoms with Gasteiger partial charge in [0.15, 0.2) is 5.65 Å². The minimum absolute atomic E-state index is 0.115. The second kappa shape index (κ2) is 5.05.